The first-order chi connectivity index (χ1) is 11.7. The quantitative estimate of drug-likeness (QED) is 0.291. The Hall–Kier alpha value is -3.28. The zero-order chi connectivity index (χ0) is 17.2. The molecular formula is C18H17N3O3. The van der Waals surface area contributed by atoms with E-state index in [1.54, 1.807) is 43.3 Å². The van der Waals surface area contributed by atoms with Crippen LogP contribution < -0.4 is 5.43 Å². The van der Waals surface area contributed by atoms with Crippen LogP contribution in [0.3, 0.4) is 0 Å². The topological polar surface area (TPSA) is 80.1 Å². The summed E-state index contributed by atoms with van der Waals surface area (Å²) in [4.78, 5) is 28.1. The van der Waals surface area contributed by atoms with Gasteiger partial charge in [-0.25, -0.2) is 9.79 Å². The first kappa shape index (κ1) is 17.1. The molecule has 0 aliphatic rings. The molecule has 0 bridgehead atoms. The third-order valence-electron chi connectivity index (χ3n) is 2.88. The number of nitrogens with one attached hydrogen (secondary N) is 1. The van der Waals surface area contributed by atoms with Gasteiger partial charge in [0.1, 0.15) is 6.21 Å². The lowest BCUT2D eigenvalue weighted by molar-refractivity contribution is -0.134. The van der Waals surface area contributed by atoms with E-state index in [2.05, 4.69) is 15.5 Å². The maximum atomic E-state index is 12.6. The summed E-state index contributed by atoms with van der Waals surface area (Å²) in [5, 5.41) is 3.73. The van der Waals surface area contributed by atoms with Crippen LogP contribution in [-0.4, -0.2) is 30.4 Å². The van der Waals surface area contributed by atoms with Crippen molar-refractivity contribution in [3.8, 4) is 0 Å². The smallest absolute Gasteiger partial charge is 0.351 e. The summed E-state index contributed by atoms with van der Waals surface area (Å²) in [6.45, 7) is 1.94. The molecule has 0 aliphatic heterocycles. The van der Waals surface area contributed by atoms with Crippen LogP contribution in [0.4, 0.5) is 5.69 Å². The van der Waals surface area contributed by atoms with Gasteiger partial charge in [-0.05, 0) is 19.1 Å². The molecule has 0 saturated carbocycles. The minimum atomic E-state index is -0.601. The first-order valence-electron chi connectivity index (χ1n) is 7.40. The second-order valence-corrected chi connectivity index (χ2v) is 4.61. The number of hydrogen-bond donors (Lipinski definition) is 1. The van der Waals surface area contributed by atoms with E-state index in [1.165, 1.54) is 0 Å². The molecule has 122 valence electrons. The van der Waals surface area contributed by atoms with Crippen molar-refractivity contribution in [3.63, 3.8) is 0 Å². The third kappa shape index (κ3) is 5.17. The number of nitrogens with zero attached hydrogens (tertiary/aromatic N) is 2. The predicted molar refractivity (Wildman–Crippen MR) is 92.6 cm³/mol. The molecule has 2 aromatic rings. The second-order valence-electron chi connectivity index (χ2n) is 4.61. The fourth-order valence-corrected chi connectivity index (χ4v) is 1.81. The molecule has 0 aliphatic carbocycles. The van der Waals surface area contributed by atoms with Crippen LogP contribution in [0.15, 0.2) is 70.8 Å². The summed E-state index contributed by atoms with van der Waals surface area (Å²) < 4.78 is 4.73. The van der Waals surface area contributed by atoms with Crippen molar-refractivity contribution in [2.45, 2.75) is 6.92 Å². The molecular weight excluding hydrogens is 306 g/mol. The molecule has 24 heavy (non-hydrogen) atoms. The number of ether oxygens (including phenoxy) is 1. The highest BCUT2D eigenvalue weighted by atomic mass is 16.5. The number of ketones is 1. The van der Waals surface area contributed by atoms with Gasteiger partial charge in [0.05, 0.1) is 12.3 Å². The molecule has 2 rings (SSSR count). The Morgan fingerprint density at radius 2 is 1.67 bits per heavy atom. The van der Waals surface area contributed by atoms with E-state index in [1.807, 2.05) is 24.3 Å². The lowest BCUT2D eigenvalue weighted by atomic mass is 10.1. The normalized spacial score (nSPS) is 11.3. The van der Waals surface area contributed by atoms with Gasteiger partial charge in [0.15, 0.2) is 5.84 Å². The Bertz CT molecular complexity index is 741. The highest BCUT2D eigenvalue weighted by Crippen LogP contribution is 2.11. The van der Waals surface area contributed by atoms with Crippen molar-refractivity contribution in [2.24, 2.45) is 10.1 Å². The predicted octanol–water partition coefficient (Wildman–Crippen LogP) is 2.74. The van der Waals surface area contributed by atoms with Gasteiger partial charge >= 0.3 is 5.97 Å². The largest absolute Gasteiger partial charge is 0.462 e. The number of aliphatic imine (C=N–C) groups is 1. The molecule has 6 heteroatoms. The van der Waals surface area contributed by atoms with Crippen LogP contribution in [0.2, 0.25) is 0 Å². The van der Waals surface area contributed by atoms with E-state index in [0.29, 0.717) is 11.3 Å². The number of carbonyl (C=O) groups excluding carboxylic acids is 2. The summed E-state index contributed by atoms with van der Waals surface area (Å²) in [5.41, 5.74) is 3.58. The lowest BCUT2D eigenvalue weighted by Gasteiger charge is -2.05. The van der Waals surface area contributed by atoms with Gasteiger partial charge in [0, 0.05) is 5.56 Å². The summed E-state index contributed by atoms with van der Waals surface area (Å²) in [6, 6.07) is 17.7. The van der Waals surface area contributed by atoms with Gasteiger partial charge < -0.3 is 4.74 Å². The van der Waals surface area contributed by atoms with Crippen molar-refractivity contribution in [1.82, 2.24) is 5.43 Å². The Balaban J connectivity index is 2.23. The molecule has 2 aromatic carbocycles. The summed E-state index contributed by atoms with van der Waals surface area (Å²) in [7, 11) is 0. The van der Waals surface area contributed by atoms with Gasteiger partial charge in [-0.3, -0.25) is 10.2 Å². The zero-order valence-corrected chi connectivity index (χ0v) is 13.2. The van der Waals surface area contributed by atoms with Gasteiger partial charge in [0.25, 0.3) is 0 Å². The van der Waals surface area contributed by atoms with Crippen molar-refractivity contribution in [1.29, 1.82) is 0 Å². The molecule has 0 saturated heterocycles. The molecule has 0 unspecified atom stereocenters. The van der Waals surface area contributed by atoms with Crippen molar-refractivity contribution in [3.05, 3.63) is 66.2 Å². The molecule has 1 N–H and O–H groups in total. The lowest BCUT2D eigenvalue weighted by Crippen LogP contribution is -2.28. The van der Waals surface area contributed by atoms with Crippen molar-refractivity contribution < 1.29 is 14.3 Å². The maximum absolute atomic E-state index is 12.6. The van der Waals surface area contributed by atoms with E-state index >= 15 is 0 Å². The van der Waals surface area contributed by atoms with Crippen LogP contribution in [0.25, 0.3) is 0 Å². The number of esters is 1. The minimum Gasteiger partial charge on any atom is -0.462 e. The van der Waals surface area contributed by atoms with Crippen LogP contribution >= 0.6 is 0 Å². The number of carbonyl (C=O) groups is 2. The average Bonchev–Trinajstić information content (AvgIpc) is 2.62. The number of hydrogen-bond acceptors (Lipinski definition) is 5. The monoisotopic (exact) mass is 323 g/mol. The van der Waals surface area contributed by atoms with Crippen LogP contribution in [0, 0.1) is 0 Å². The van der Waals surface area contributed by atoms with Gasteiger partial charge in [-0.15, -0.1) is 0 Å². The number of benzene rings is 2. The fraction of sp³-hybridized carbons (Fsp3) is 0.111. The number of hydrazone groups is 1. The van der Waals surface area contributed by atoms with Gasteiger partial charge in [0.2, 0.25) is 5.78 Å². The summed E-state index contributed by atoms with van der Waals surface area (Å²) in [5.74, 6) is -0.926. The SMILES string of the molecule is CCOC(=O)/C=N/NC(=Nc1ccccc1)C(=O)c1ccccc1. The van der Waals surface area contributed by atoms with Crippen LogP contribution in [-0.2, 0) is 9.53 Å². The Morgan fingerprint density at radius 1 is 1.04 bits per heavy atom. The zero-order valence-electron chi connectivity index (χ0n) is 13.2. The van der Waals surface area contributed by atoms with E-state index in [9.17, 15) is 9.59 Å². The molecule has 0 atom stereocenters. The molecule has 0 spiro atoms. The number of Topliss-reactive ketones (excluding diaryl/α,β-unsaturated/α-hetero) is 1. The Morgan fingerprint density at radius 3 is 2.29 bits per heavy atom. The van der Waals surface area contributed by atoms with Gasteiger partial charge in [-0.1, -0.05) is 48.5 Å². The standard InChI is InChI=1S/C18H17N3O3/c1-2-24-16(22)13-19-21-18(20-15-11-7-4-8-12-15)17(23)14-9-5-3-6-10-14/h3-13H,2H2,1H3,(H,20,21)/b19-13+. The number of rotatable bonds is 6. The molecule has 0 amide bonds. The highest BCUT2D eigenvalue weighted by molar-refractivity contribution is 6.45. The van der Waals surface area contributed by atoms with E-state index < -0.39 is 5.97 Å². The van der Waals surface area contributed by atoms with Crippen molar-refractivity contribution in [2.75, 3.05) is 6.61 Å². The molecule has 0 aromatic heterocycles. The van der Waals surface area contributed by atoms with E-state index in [-0.39, 0.29) is 18.2 Å². The average molecular weight is 323 g/mol. The number of amidine groups is 1. The van der Waals surface area contributed by atoms with Gasteiger partial charge in [-0.2, -0.15) is 5.10 Å². The summed E-state index contributed by atoms with van der Waals surface area (Å²) in [6.07, 6.45) is 0.961. The van der Waals surface area contributed by atoms with Crippen LogP contribution in [0.5, 0.6) is 0 Å². The molecule has 0 radical (unpaired) electrons. The van der Waals surface area contributed by atoms with Crippen LogP contribution in [0.1, 0.15) is 17.3 Å². The van der Waals surface area contributed by atoms with E-state index in [0.717, 1.165) is 6.21 Å². The molecule has 0 fully saturated rings. The van der Waals surface area contributed by atoms with E-state index in [4.69, 9.17) is 4.74 Å². The fourth-order valence-electron chi connectivity index (χ4n) is 1.81. The number of para-hydroxylation sites is 1. The Labute approximate surface area is 139 Å². The first-order valence-corrected chi connectivity index (χ1v) is 7.40. The molecule has 0 heterocycles. The maximum Gasteiger partial charge on any atom is 0.351 e. The minimum absolute atomic E-state index is 0.00736. The van der Waals surface area contributed by atoms with Crippen molar-refractivity contribution >= 4 is 29.5 Å². The highest BCUT2D eigenvalue weighted by Gasteiger charge is 2.13. The summed E-state index contributed by atoms with van der Waals surface area (Å²) >= 11 is 0. The Kier molecular flexibility index (Phi) is 6.40. The molecule has 6 nitrogen and oxygen atoms in total. The third-order valence-corrected chi connectivity index (χ3v) is 2.88. The second kappa shape index (κ2) is 8.99.